The van der Waals surface area contributed by atoms with Crippen LogP contribution in [0.2, 0.25) is 0 Å². The minimum absolute atomic E-state index is 0.0446. The van der Waals surface area contributed by atoms with Gasteiger partial charge in [0.1, 0.15) is 47.9 Å². The Morgan fingerprint density at radius 3 is 2.45 bits per heavy atom. The predicted octanol–water partition coefficient (Wildman–Crippen LogP) is -3.65. The standard InChI is InChI=1S/C21H27N7O14P2/c22-17-12-19(25-7-24-17)28(8-26-12)21-16(32)14(30)11(41-21)6-39-44(36,37)42-43(34,35)38-5-10-13(29)15(31)20(40-10)27-3-1-2-9(4-27)18(23)33/h1-4,7-8,10-11,13-16,20-21,29-32H,5-6H2,(H5-,22,23,24,25,33,34,35,36,37)/t10-,11+,13-,14-,15-,16-,20-,21-/m1/s1. The van der Waals surface area contributed by atoms with E-state index >= 15 is 0 Å². The quantitative estimate of drug-likeness (QED) is 0.0768. The van der Waals surface area contributed by atoms with Crippen LogP contribution < -0.4 is 20.9 Å². The molecule has 240 valence electrons. The zero-order chi connectivity index (χ0) is 32.0. The highest BCUT2D eigenvalue weighted by Gasteiger charge is 2.49. The van der Waals surface area contributed by atoms with Crippen LogP contribution in [0.15, 0.2) is 37.2 Å². The highest BCUT2D eigenvalue weighted by atomic mass is 31.3. The molecule has 0 radical (unpaired) electrons. The van der Waals surface area contributed by atoms with E-state index in [1.165, 1.54) is 40.0 Å². The number of hydrogen-bond acceptors (Lipinski definition) is 17. The van der Waals surface area contributed by atoms with Crippen LogP contribution in [0.3, 0.4) is 0 Å². The molecule has 5 rings (SSSR count). The van der Waals surface area contributed by atoms with E-state index in [-0.39, 0.29) is 22.5 Å². The first-order chi connectivity index (χ1) is 20.7. The molecule has 2 aliphatic rings. The Bertz CT molecular complexity index is 1630. The number of anilines is 1. The molecular formula is C21H27N7O14P2. The monoisotopic (exact) mass is 663 g/mol. The number of nitrogens with two attached hydrogens (primary N) is 2. The summed E-state index contributed by atoms with van der Waals surface area (Å²) in [7, 11) is -11.0. The molecule has 44 heavy (non-hydrogen) atoms. The van der Waals surface area contributed by atoms with Gasteiger partial charge >= 0.3 is 7.82 Å². The van der Waals surface area contributed by atoms with E-state index in [4.69, 9.17) is 20.9 Å². The molecule has 1 amide bonds. The highest BCUT2D eigenvalue weighted by Crippen LogP contribution is 2.58. The van der Waals surface area contributed by atoms with Gasteiger partial charge in [0, 0.05) is 6.07 Å². The van der Waals surface area contributed by atoms with Crippen molar-refractivity contribution in [3.8, 4) is 0 Å². The molecule has 2 saturated heterocycles. The minimum atomic E-state index is -5.62. The minimum Gasteiger partial charge on any atom is -0.756 e. The number of carbonyl (C=O) groups excluding carboxylic acids is 1. The van der Waals surface area contributed by atoms with Crippen LogP contribution in [0.4, 0.5) is 5.82 Å². The fourth-order valence-electron chi connectivity index (χ4n) is 4.57. The van der Waals surface area contributed by atoms with Crippen LogP contribution in [0.5, 0.6) is 0 Å². The molecule has 9 N–H and O–H groups in total. The van der Waals surface area contributed by atoms with Gasteiger partial charge in [-0.25, -0.2) is 23.8 Å². The number of pyridine rings is 1. The number of aliphatic hydroxyl groups is 4. The Labute approximate surface area is 246 Å². The lowest BCUT2D eigenvalue weighted by Gasteiger charge is -2.26. The molecule has 3 aromatic heterocycles. The molecule has 0 aliphatic carbocycles. The number of fused-ring (bicyclic) bond motifs is 1. The summed E-state index contributed by atoms with van der Waals surface area (Å²) in [5, 5.41) is 41.6. The van der Waals surface area contributed by atoms with E-state index in [2.05, 4.69) is 28.3 Å². The first-order valence-corrected chi connectivity index (χ1v) is 15.5. The summed E-state index contributed by atoms with van der Waals surface area (Å²) in [4.78, 5) is 45.5. The maximum absolute atomic E-state index is 12.4. The van der Waals surface area contributed by atoms with Crippen molar-refractivity contribution in [2.75, 3.05) is 18.9 Å². The third-order valence-electron chi connectivity index (χ3n) is 6.74. The number of phosphoric acid groups is 2. The van der Waals surface area contributed by atoms with Crippen LogP contribution in [-0.4, -0.2) is 101 Å². The van der Waals surface area contributed by atoms with Crippen molar-refractivity contribution in [1.29, 1.82) is 0 Å². The largest absolute Gasteiger partial charge is 0.756 e. The van der Waals surface area contributed by atoms with E-state index < -0.39 is 83.8 Å². The number of aliphatic hydroxyl groups excluding tert-OH is 4. The average molecular weight is 663 g/mol. The van der Waals surface area contributed by atoms with E-state index in [1.54, 1.807) is 0 Å². The van der Waals surface area contributed by atoms with Crippen molar-refractivity contribution in [2.45, 2.75) is 49.1 Å². The number of hydrogen-bond donors (Lipinski definition) is 7. The second-order valence-corrected chi connectivity index (χ2v) is 12.7. The van der Waals surface area contributed by atoms with Crippen molar-refractivity contribution in [2.24, 2.45) is 5.73 Å². The van der Waals surface area contributed by atoms with Crippen LogP contribution in [-0.2, 0) is 32.0 Å². The molecular weight excluding hydrogens is 636 g/mol. The first kappa shape index (κ1) is 32.4. The number of rotatable bonds is 11. The molecule has 0 aromatic carbocycles. The SMILES string of the molecule is NC(=O)c1ccc[n+]([C@@H]2O[C@H](COP(=O)([O-])OP(=O)(O)OC[C@@H]3O[C@@H](n4cnc5c(N)ncnc54)[C@H](O)[C@@H]3O)[C@@H](O)[C@H]2O)c1. The molecule has 2 fully saturated rings. The van der Waals surface area contributed by atoms with Gasteiger partial charge in [-0.15, -0.1) is 0 Å². The lowest BCUT2D eigenvalue weighted by atomic mass is 10.1. The topological polar surface area (TPSA) is 321 Å². The Hall–Kier alpha value is -3.01. The van der Waals surface area contributed by atoms with E-state index in [9.17, 15) is 44.1 Å². The van der Waals surface area contributed by atoms with Gasteiger partial charge in [-0.2, -0.15) is 4.57 Å². The Morgan fingerprint density at radius 2 is 1.73 bits per heavy atom. The van der Waals surface area contributed by atoms with Crippen LogP contribution in [0.25, 0.3) is 11.2 Å². The van der Waals surface area contributed by atoms with Crippen molar-refractivity contribution in [3.63, 3.8) is 0 Å². The fourth-order valence-corrected chi connectivity index (χ4v) is 6.62. The van der Waals surface area contributed by atoms with Gasteiger partial charge in [0.25, 0.3) is 20.0 Å². The van der Waals surface area contributed by atoms with E-state index in [1.807, 2.05) is 0 Å². The van der Waals surface area contributed by atoms with Gasteiger partial charge in [0.2, 0.25) is 0 Å². The highest BCUT2D eigenvalue weighted by molar-refractivity contribution is 7.60. The smallest absolute Gasteiger partial charge is 0.478 e. The molecule has 23 heteroatoms. The summed E-state index contributed by atoms with van der Waals surface area (Å²) in [6.07, 6.45) is -7.05. The third kappa shape index (κ3) is 6.65. The van der Waals surface area contributed by atoms with Gasteiger partial charge in [-0.05, 0) is 6.07 Å². The van der Waals surface area contributed by atoms with Crippen LogP contribution >= 0.6 is 15.6 Å². The van der Waals surface area contributed by atoms with Crippen molar-refractivity contribution < 1.29 is 71.5 Å². The van der Waals surface area contributed by atoms with Gasteiger partial charge in [-0.3, -0.25) is 18.5 Å². The molecule has 0 bridgehead atoms. The summed E-state index contributed by atoms with van der Waals surface area (Å²) in [5.41, 5.74) is 11.4. The molecule has 2 unspecified atom stereocenters. The maximum Gasteiger partial charge on any atom is 0.478 e. The molecule has 21 nitrogen and oxygen atoms in total. The number of imidazole rings is 1. The van der Waals surface area contributed by atoms with Gasteiger partial charge in [-0.1, -0.05) is 0 Å². The summed E-state index contributed by atoms with van der Waals surface area (Å²) in [5.74, 6) is -0.729. The first-order valence-electron chi connectivity index (χ1n) is 12.6. The van der Waals surface area contributed by atoms with Crippen LogP contribution in [0.1, 0.15) is 22.8 Å². The number of carbonyl (C=O) groups is 1. The van der Waals surface area contributed by atoms with Gasteiger partial charge < -0.3 is 55.7 Å². The van der Waals surface area contributed by atoms with E-state index in [0.29, 0.717) is 0 Å². The molecule has 0 saturated carbocycles. The summed E-state index contributed by atoms with van der Waals surface area (Å²) in [6, 6.07) is 2.82. The Morgan fingerprint density at radius 1 is 1.05 bits per heavy atom. The number of aromatic nitrogens is 5. The summed E-state index contributed by atoms with van der Waals surface area (Å²) < 4.78 is 51.5. The van der Waals surface area contributed by atoms with Crippen molar-refractivity contribution in [3.05, 3.63) is 42.7 Å². The van der Waals surface area contributed by atoms with E-state index in [0.717, 1.165) is 6.33 Å². The molecule has 3 aromatic rings. The number of nitrogen functional groups attached to an aromatic ring is 1. The summed E-state index contributed by atoms with van der Waals surface area (Å²) >= 11 is 0. The zero-order valence-corrected chi connectivity index (χ0v) is 24.0. The number of amides is 1. The predicted molar refractivity (Wildman–Crippen MR) is 137 cm³/mol. The second kappa shape index (κ2) is 12.4. The summed E-state index contributed by atoms with van der Waals surface area (Å²) in [6.45, 7) is -1.89. The average Bonchev–Trinajstić information content (AvgIpc) is 3.61. The Kier molecular flexibility index (Phi) is 9.13. The number of primary amides is 1. The Balaban J connectivity index is 1.16. The van der Waals surface area contributed by atoms with Gasteiger partial charge in [0.15, 0.2) is 36.2 Å². The molecule has 10 atom stereocenters. The number of nitrogens with zero attached hydrogens (tertiary/aromatic N) is 5. The van der Waals surface area contributed by atoms with Crippen molar-refractivity contribution in [1.82, 2.24) is 19.5 Å². The molecule has 5 heterocycles. The third-order valence-corrected chi connectivity index (χ3v) is 9.30. The second-order valence-electron chi connectivity index (χ2n) is 9.67. The number of phosphoric ester groups is 2. The van der Waals surface area contributed by atoms with Gasteiger partial charge in [0.05, 0.1) is 19.5 Å². The van der Waals surface area contributed by atoms with Crippen LogP contribution in [0, 0.1) is 0 Å². The lowest BCUT2D eigenvalue weighted by molar-refractivity contribution is -0.765. The van der Waals surface area contributed by atoms with Crippen molar-refractivity contribution >= 4 is 38.5 Å². The lowest BCUT2D eigenvalue weighted by Crippen LogP contribution is -2.46. The molecule has 2 aliphatic heterocycles. The zero-order valence-electron chi connectivity index (χ0n) is 22.2. The fraction of sp³-hybridized carbons (Fsp3) is 0.476. The maximum atomic E-state index is 12.4. The normalized spacial score (nSPS) is 31.6. The number of ether oxygens (including phenoxy) is 2. The molecule has 0 spiro atoms.